The van der Waals surface area contributed by atoms with E-state index >= 15 is 0 Å². The smallest absolute Gasteiger partial charge is 0.282 e. The molecule has 6 nitrogen and oxygen atoms in total. The zero-order valence-electron chi connectivity index (χ0n) is 11.6. The molecule has 3 aromatic rings. The van der Waals surface area contributed by atoms with E-state index in [2.05, 4.69) is 10.3 Å². The number of anilines is 1. The molecule has 0 saturated carbocycles. The Morgan fingerprint density at radius 1 is 1.27 bits per heavy atom. The second kappa shape index (κ2) is 5.53. The van der Waals surface area contributed by atoms with Crippen molar-refractivity contribution in [1.29, 1.82) is 0 Å². The number of nitrogens with one attached hydrogen (secondary N) is 1. The second-order valence-electron chi connectivity index (χ2n) is 4.72. The highest BCUT2D eigenvalue weighted by Gasteiger charge is 2.20. The van der Waals surface area contributed by atoms with Gasteiger partial charge in [0.2, 0.25) is 0 Å². The van der Waals surface area contributed by atoms with E-state index in [0.29, 0.717) is 5.13 Å². The Morgan fingerprint density at radius 2 is 2.05 bits per heavy atom. The third-order valence-electron chi connectivity index (χ3n) is 3.11. The fraction of sp³-hybridized carbons (Fsp3) is 0.0667. The third kappa shape index (κ3) is 2.66. The molecule has 0 fully saturated rings. The lowest BCUT2D eigenvalue weighted by atomic mass is 10.1. The molecule has 2 aromatic carbocycles. The van der Waals surface area contributed by atoms with Gasteiger partial charge >= 0.3 is 0 Å². The fourth-order valence-electron chi connectivity index (χ4n) is 2.07. The number of benzene rings is 2. The number of hydrogen-bond donors (Lipinski definition) is 1. The highest BCUT2D eigenvalue weighted by atomic mass is 32.1. The third-order valence-corrected chi connectivity index (χ3v) is 4.04. The quantitative estimate of drug-likeness (QED) is 0.589. The monoisotopic (exact) mass is 313 g/mol. The van der Waals surface area contributed by atoms with Crippen LogP contribution in [-0.4, -0.2) is 15.8 Å². The lowest BCUT2D eigenvalue weighted by Gasteiger charge is -2.02. The average Bonchev–Trinajstić information content (AvgIpc) is 2.88. The van der Waals surface area contributed by atoms with Crippen molar-refractivity contribution in [3.8, 4) is 0 Å². The topological polar surface area (TPSA) is 85.1 Å². The first kappa shape index (κ1) is 14.2. The van der Waals surface area contributed by atoms with Crippen LogP contribution in [0.1, 0.15) is 15.9 Å². The summed E-state index contributed by atoms with van der Waals surface area (Å²) in [5.41, 5.74) is 1.68. The SMILES string of the molecule is Cc1ccc2nc(NC(=O)c3ccccc3[N+](=O)[O-])sc2c1. The van der Waals surface area contributed by atoms with Crippen LogP contribution in [0.4, 0.5) is 10.8 Å². The van der Waals surface area contributed by atoms with Gasteiger partial charge in [-0.1, -0.05) is 29.5 Å². The van der Waals surface area contributed by atoms with Gasteiger partial charge < -0.3 is 0 Å². The number of carbonyl (C=O) groups is 1. The number of para-hydroxylation sites is 1. The summed E-state index contributed by atoms with van der Waals surface area (Å²) >= 11 is 1.34. The van der Waals surface area contributed by atoms with E-state index in [0.717, 1.165) is 15.8 Å². The Bertz CT molecular complexity index is 889. The molecule has 22 heavy (non-hydrogen) atoms. The molecule has 1 N–H and O–H groups in total. The van der Waals surface area contributed by atoms with Crippen molar-refractivity contribution in [2.24, 2.45) is 0 Å². The first-order chi connectivity index (χ1) is 10.5. The van der Waals surface area contributed by atoms with E-state index in [-0.39, 0.29) is 11.3 Å². The number of hydrogen-bond acceptors (Lipinski definition) is 5. The number of fused-ring (bicyclic) bond motifs is 1. The van der Waals surface area contributed by atoms with Crippen LogP contribution < -0.4 is 5.32 Å². The van der Waals surface area contributed by atoms with E-state index in [9.17, 15) is 14.9 Å². The maximum atomic E-state index is 12.2. The van der Waals surface area contributed by atoms with Gasteiger partial charge in [-0.3, -0.25) is 20.2 Å². The Hall–Kier alpha value is -2.80. The number of nitrogens with zero attached hydrogens (tertiary/aromatic N) is 2. The van der Waals surface area contributed by atoms with Gasteiger partial charge in [0.05, 0.1) is 15.1 Å². The van der Waals surface area contributed by atoms with Gasteiger partial charge in [-0.15, -0.1) is 0 Å². The summed E-state index contributed by atoms with van der Waals surface area (Å²) in [5.74, 6) is -0.539. The van der Waals surface area contributed by atoms with Crippen molar-refractivity contribution in [3.05, 3.63) is 63.7 Å². The predicted molar refractivity (Wildman–Crippen MR) is 85.4 cm³/mol. The Balaban J connectivity index is 1.91. The van der Waals surface area contributed by atoms with Crippen LogP contribution in [0.25, 0.3) is 10.2 Å². The number of aromatic nitrogens is 1. The van der Waals surface area contributed by atoms with Gasteiger partial charge in [0, 0.05) is 6.07 Å². The van der Waals surface area contributed by atoms with Crippen LogP contribution in [-0.2, 0) is 0 Å². The first-order valence-corrected chi connectivity index (χ1v) is 7.28. The van der Waals surface area contributed by atoms with Crippen LogP contribution in [0.15, 0.2) is 42.5 Å². The molecule has 0 aliphatic carbocycles. The molecule has 110 valence electrons. The minimum absolute atomic E-state index is 0.0166. The van der Waals surface area contributed by atoms with Crippen molar-refractivity contribution >= 4 is 38.3 Å². The summed E-state index contributed by atoms with van der Waals surface area (Å²) in [4.78, 5) is 26.9. The fourth-order valence-corrected chi connectivity index (χ4v) is 3.03. The second-order valence-corrected chi connectivity index (χ2v) is 5.75. The van der Waals surface area contributed by atoms with Crippen molar-refractivity contribution in [1.82, 2.24) is 4.98 Å². The number of thiazole rings is 1. The van der Waals surface area contributed by atoms with Gasteiger partial charge in [0.15, 0.2) is 5.13 Å². The lowest BCUT2D eigenvalue weighted by molar-refractivity contribution is -0.385. The molecular formula is C15H11N3O3S. The van der Waals surface area contributed by atoms with Gasteiger partial charge in [-0.05, 0) is 30.7 Å². The zero-order valence-corrected chi connectivity index (χ0v) is 12.4. The van der Waals surface area contributed by atoms with Crippen LogP contribution in [0.5, 0.6) is 0 Å². The van der Waals surface area contributed by atoms with E-state index in [4.69, 9.17) is 0 Å². The first-order valence-electron chi connectivity index (χ1n) is 6.46. The standard InChI is InChI=1S/C15H11N3O3S/c1-9-6-7-11-13(8-9)22-15(16-11)17-14(19)10-4-2-3-5-12(10)18(20)21/h2-8H,1H3,(H,16,17,19). The van der Waals surface area contributed by atoms with Crippen molar-refractivity contribution in [3.63, 3.8) is 0 Å². The normalized spacial score (nSPS) is 10.6. The largest absolute Gasteiger partial charge is 0.298 e. The van der Waals surface area contributed by atoms with Crippen molar-refractivity contribution in [2.75, 3.05) is 5.32 Å². The summed E-state index contributed by atoms with van der Waals surface area (Å²) in [6, 6.07) is 11.6. The number of rotatable bonds is 3. The van der Waals surface area contributed by atoms with Crippen LogP contribution in [0, 0.1) is 17.0 Å². The van der Waals surface area contributed by atoms with E-state index in [1.54, 1.807) is 6.07 Å². The molecule has 7 heteroatoms. The zero-order chi connectivity index (χ0) is 15.7. The number of nitro groups is 1. The molecule has 1 heterocycles. The molecule has 3 rings (SSSR count). The Kier molecular flexibility index (Phi) is 3.56. The molecule has 1 amide bonds. The molecule has 0 saturated heterocycles. The summed E-state index contributed by atoms with van der Waals surface area (Å²) in [6.45, 7) is 1.98. The highest BCUT2D eigenvalue weighted by molar-refractivity contribution is 7.22. The molecule has 0 atom stereocenters. The molecule has 0 spiro atoms. The van der Waals surface area contributed by atoms with Crippen molar-refractivity contribution < 1.29 is 9.72 Å². The van der Waals surface area contributed by atoms with E-state index in [1.807, 2.05) is 25.1 Å². The maximum Gasteiger partial charge on any atom is 0.282 e. The lowest BCUT2D eigenvalue weighted by Crippen LogP contribution is -2.13. The molecule has 0 radical (unpaired) electrons. The molecule has 0 bridgehead atoms. The van der Waals surface area contributed by atoms with Crippen LogP contribution in [0.2, 0.25) is 0 Å². The Labute approximate surface area is 129 Å². The average molecular weight is 313 g/mol. The van der Waals surface area contributed by atoms with Gasteiger partial charge in [-0.2, -0.15) is 0 Å². The molecule has 0 unspecified atom stereocenters. The summed E-state index contributed by atoms with van der Waals surface area (Å²) < 4.78 is 0.956. The number of nitro benzene ring substituents is 1. The van der Waals surface area contributed by atoms with Crippen LogP contribution >= 0.6 is 11.3 Å². The summed E-state index contributed by atoms with van der Waals surface area (Å²) in [7, 11) is 0. The molecule has 0 aliphatic heterocycles. The summed E-state index contributed by atoms with van der Waals surface area (Å²) in [5, 5.41) is 14.0. The van der Waals surface area contributed by atoms with E-state index < -0.39 is 10.8 Å². The van der Waals surface area contributed by atoms with Gasteiger partial charge in [-0.25, -0.2) is 4.98 Å². The minimum atomic E-state index is -0.573. The molecule has 0 aliphatic rings. The van der Waals surface area contributed by atoms with E-state index in [1.165, 1.54) is 29.5 Å². The number of amides is 1. The number of carbonyl (C=O) groups excluding carboxylic acids is 1. The predicted octanol–water partition coefficient (Wildman–Crippen LogP) is 3.77. The van der Waals surface area contributed by atoms with Crippen LogP contribution in [0.3, 0.4) is 0 Å². The molecular weight excluding hydrogens is 302 g/mol. The Morgan fingerprint density at radius 3 is 2.82 bits per heavy atom. The number of aryl methyl sites for hydroxylation is 1. The van der Waals surface area contributed by atoms with Gasteiger partial charge in [0.1, 0.15) is 5.56 Å². The highest BCUT2D eigenvalue weighted by Crippen LogP contribution is 2.27. The molecule has 1 aromatic heterocycles. The van der Waals surface area contributed by atoms with Crippen molar-refractivity contribution in [2.45, 2.75) is 6.92 Å². The van der Waals surface area contributed by atoms with Gasteiger partial charge in [0.25, 0.3) is 11.6 Å². The summed E-state index contributed by atoms with van der Waals surface area (Å²) in [6.07, 6.45) is 0. The minimum Gasteiger partial charge on any atom is -0.298 e. The maximum absolute atomic E-state index is 12.2.